The molecule has 1 aliphatic rings. The van der Waals surface area contributed by atoms with Crippen LogP contribution in [0.4, 0.5) is 5.69 Å². The maximum absolute atomic E-state index is 12.7. The average molecular weight is 406 g/mol. The molecule has 150 valence electrons. The molecule has 1 aliphatic heterocycles. The molecule has 0 radical (unpaired) electrons. The minimum Gasteiger partial charge on any atom is -0.482 e. The Morgan fingerprint density at radius 2 is 1.86 bits per heavy atom. The van der Waals surface area contributed by atoms with Crippen LogP contribution in [0.3, 0.4) is 0 Å². The molecular formula is C19H22N2O6S. The fourth-order valence-electron chi connectivity index (χ4n) is 2.97. The summed E-state index contributed by atoms with van der Waals surface area (Å²) < 4.78 is 37.6. The van der Waals surface area contributed by atoms with Gasteiger partial charge in [0.05, 0.1) is 23.0 Å². The molecule has 0 unspecified atom stereocenters. The van der Waals surface area contributed by atoms with Crippen molar-refractivity contribution in [2.75, 3.05) is 26.3 Å². The van der Waals surface area contributed by atoms with Gasteiger partial charge in [-0.25, -0.2) is 8.42 Å². The molecular weight excluding hydrogens is 384 g/mol. The summed E-state index contributed by atoms with van der Waals surface area (Å²) in [5.74, 6) is 0.0341. The van der Waals surface area contributed by atoms with Gasteiger partial charge in [0.25, 0.3) is 0 Å². The lowest BCUT2D eigenvalue weighted by molar-refractivity contribution is -0.386. The van der Waals surface area contributed by atoms with E-state index in [0.29, 0.717) is 13.2 Å². The van der Waals surface area contributed by atoms with Gasteiger partial charge in [0, 0.05) is 19.2 Å². The van der Waals surface area contributed by atoms with Crippen molar-refractivity contribution >= 4 is 15.7 Å². The van der Waals surface area contributed by atoms with Gasteiger partial charge >= 0.3 is 5.69 Å². The van der Waals surface area contributed by atoms with Crippen molar-refractivity contribution in [2.45, 2.75) is 25.3 Å². The van der Waals surface area contributed by atoms with Crippen molar-refractivity contribution in [3.63, 3.8) is 0 Å². The standard InChI is InChI=1S/C19H22N2O6S/c1-14-3-4-15(2)16(11-14)13-27-19-6-5-17(12-18(19)21(22)23)28(24,25)20-7-9-26-10-8-20/h3-6,11-12H,7-10,13H2,1-2H3. The van der Waals surface area contributed by atoms with E-state index in [-0.39, 0.29) is 36.0 Å². The van der Waals surface area contributed by atoms with E-state index in [9.17, 15) is 18.5 Å². The molecule has 0 amide bonds. The van der Waals surface area contributed by atoms with Crippen LogP contribution in [-0.4, -0.2) is 43.9 Å². The first-order valence-electron chi connectivity index (χ1n) is 8.84. The summed E-state index contributed by atoms with van der Waals surface area (Å²) in [6.07, 6.45) is 0. The Hall–Kier alpha value is -2.49. The van der Waals surface area contributed by atoms with Gasteiger partial charge in [-0.05, 0) is 37.1 Å². The summed E-state index contributed by atoms with van der Waals surface area (Å²) in [4.78, 5) is 10.8. The molecule has 28 heavy (non-hydrogen) atoms. The average Bonchev–Trinajstić information content (AvgIpc) is 2.69. The Morgan fingerprint density at radius 1 is 1.14 bits per heavy atom. The minimum atomic E-state index is -3.82. The fourth-order valence-corrected chi connectivity index (χ4v) is 4.40. The number of nitro groups is 1. The van der Waals surface area contributed by atoms with Crippen LogP contribution in [0.15, 0.2) is 41.3 Å². The highest BCUT2D eigenvalue weighted by molar-refractivity contribution is 7.89. The lowest BCUT2D eigenvalue weighted by Crippen LogP contribution is -2.40. The van der Waals surface area contributed by atoms with Gasteiger partial charge in [-0.2, -0.15) is 4.31 Å². The lowest BCUT2D eigenvalue weighted by Gasteiger charge is -2.26. The highest BCUT2D eigenvalue weighted by Crippen LogP contribution is 2.32. The molecule has 8 nitrogen and oxygen atoms in total. The summed E-state index contributed by atoms with van der Waals surface area (Å²) in [6.45, 7) is 5.10. The van der Waals surface area contributed by atoms with E-state index in [0.717, 1.165) is 22.8 Å². The molecule has 0 spiro atoms. The van der Waals surface area contributed by atoms with Crippen molar-refractivity contribution in [3.8, 4) is 5.75 Å². The summed E-state index contributed by atoms with van der Waals surface area (Å²) >= 11 is 0. The molecule has 3 rings (SSSR count). The summed E-state index contributed by atoms with van der Waals surface area (Å²) in [5, 5.41) is 11.5. The number of benzene rings is 2. The zero-order valence-electron chi connectivity index (χ0n) is 15.8. The van der Waals surface area contributed by atoms with Gasteiger partial charge in [0.2, 0.25) is 10.0 Å². The van der Waals surface area contributed by atoms with Crippen molar-refractivity contribution < 1.29 is 22.8 Å². The van der Waals surface area contributed by atoms with Gasteiger partial charge in [-0.1, -0.05) is 23.8 Å². The Kier molecular flexibility index (Phi) is 5.97. The highest BCUT2D eigenvalue weighted by Gasteiger charge is 2.29. The molecule has 0 saturated carbocycles. The largest absolute Gasteiger partial charge is 0.482 e. The fraction of sp³-hybridized carbons (Fsp3) is 0.368. The van der Waals surface area contributed by atoms with Crippen LogP contribution >= 0.6 is 0 Å². The maximum atomic E-state index is 12.7. The molecule has 0 aliphatic carbocycles. The minimum absolute atomic E-state index is 0.0341. The zero-order valence-corrected chi connectivity index (χ0v) is 16.6. The number of morpholine rings is 1. The van der Waals surface area contributed by atoms with E-state index in [1.54, 1.807) is 0 Å². The topological polar surface area (TPSA) is 99.0 Å². The molecule has 2 aromatic carbocycles. The van der Waals surface area contributed by atoms with Crippen LogP contribution in [0.2, 0.25) is 0 Å². The molecule has 1 fully saturated rings. The zero-order chi connectivity index (χ0) is 20.3. The number of ether oxygens (including phenoxy) is 2. The van der Waals surface area contributed by atoms with E-state index in [1.165, 1.54) is 16.4 Å². The molecule has 0 N–H and O–H groups in total. The first-order chi connectivity index (χ1) is 13.3. The van der Waals surface area contributed by atoms with E-state index in [4.69, 9.17) is 9.47 Å². The third-order valence-corrected chi connectivity index (χ3v) is 6.52. The number of sulfonamides is 1. The SMILES string of the molecule is Cc1ccc(C)c(COc2ccc(S(=O)(=O)N3CCOCC3)cc2[N+](=O)[O-])c1. The van der Waals surface area contributed by atoms with Gasteiger partial charge in [0.1, 0.15) is 6.61 Å². The number of nitrogens with zero attached hydrogens (tertiary/aromatic N) is 2. The second-order valence-electron chi connectivity index (χ2n) is 6.62. The molecule has 0 aromatic heterocycles. The number of aryl methyl sites for hydroxylation is 2. The third-order valence-electron chi connectivity index (χ3n) is 4.62. The molecule has 1 heterocycles. The Bertz CT molecular complexity index is 984. The normalized spacial score (nSPS) is 15.4. The van der Waals surface area contributed by atoms with Crippen LogP contribution in [-0.2, 0) is 21.4 Å². The van der Waals surface area contributed by atoms with Gasteiger partial charge in [-0.3, -0.25) is 10.1 Å². The van der Waals surface area contributed by atoms with Crippen molar-refractivity contribution in [2.24, 2.45) is 0 Å². The van der Waals surface area contributed by atoms with E-state index < -0.39 is 14.9 Å². The molecule has 1 saturated heterocycles. The second-order valence-corrected chi connectivity index (χ2v) is 8.56. The maximum Gasteiger partial charge on any atom is 0.312 e. The number of nitro benzene ring substituents is 1. The number of rotatable bonds is 6. The molecule has 9 heteroatoms. The predicted octanol–water partition coefficient (Wildman–Crippen LogP) is 2.81. The number of hydrogen-bond acceptors (Lipinski definition) is 6. The van der Waals surface area contributed by atoms with Crippen LogP contribution in [0.1, 0.15) is 16.7 Å². The predicted molar refractivity (Wildman–Crippen MR) is 103 cm³/mol. The summed E-state index contributed by atoms with van der Waals surface area (Å²) in [6, 6.07) is 9.64. The lowest BCUT2D eigenvalue weighted by atomic mass is 10.1. The molecule has 2 aromatic rings. The Labute approximate surface area is 163 Å². The third kappa shape index (κ3) is 4.32. The second kappa shape index (κ2) is 8.26. The van der Waals surface area contributed by atoms with Crippen molar-refractivity contribution in [1.82, 2.24) is 4.31 Å². The van der Waals surface area contributed by atoms with E-state index in [1.807, 2.05) is 32.0 Å². The number of hydrogen-bond donors (Lipinski definition) is 0. The van der Waals surface area contributed by atoms with Gasteiger partial charge in [0.15, 0.2) is 5.75 Å². The van der Waals surface area contributed by atoms with Crippen molar-refractivity contribution in [3.05, 3.63) is 63.2 Å². The molecule has 0 atom stereocenters. The van der Waals surface area contributed by atoms with Gasteiger partial charge in [-0.15, -0.1) is 0 Å². The van der Waals surface area contributed by atoms with Crippen LogP contribution in [0.5, 0.6) is 5.75 Å². The first-order valence-corrected chi connectivity index (χ1v) is 10.3. The quantitative estimate of drug-likeness (QED) is 0.540. The van der Waals surface area contributed by atoms with Gasteiger partial charge < -0.3 is 9.47 Å². The first kappa shape index (κ1) is 20.2. The highest BCUT2D eigenvalue weighted by atomic mass is 32.2. The molecule has 0 bridgehead atoms. The van der Waals surface area contributed by atoms with Crippen molar-refractivity contribution in [1.29, 1.82) is 0 Å². The summed E-state index contributed by atoms with van der Waals surface area (Å²) in [5.41, 5.74) is 2.62. The smallest absolute Gasteiger partial charge is 0.312 e. The van der Waals surface area contributed by atoms with E-state index in [2.05, 4.69) is 0 Å². The van der Waals surface area contributed by atoms with Crippen LogP contribution in [0, 0.1) is 24.0 Å². The Morgan fingerprint density at radius 3 is 2.54 bits per heavy atom. The monoisotopic (exact) mass is 406 g/mol. The van der Waals surface area contributed by atoms with E-state index >= 15 is 0 Å². The van der Waals surface area contributed by atoms with Crippen LogP contribution in [0.25, 0.3) is 0 Å². The van der Waals surface area contributed by atoms with Crippen LogP contribution < -0.4 is 4.74 Å². The Balaban J connectivity index is 1.87. The summed E-state index contributed by atoms with van der Waals surface area (Å²) in [7, 11) is -3.82.